The Morgan fingerprint density at radius 2 is 1.91 bits per heavy atom. The van der Waals surface area contributed by atoms with E-state index in [0.717, 1.165) is 26.2 Å². The number of likely N-dealkylation sites (tertiary alicyclic amines) is 1. The van der Waals surface area contributed by atoms with Gasteiger partial charge < -0.3 is 9.64 Å². The molecule has 1 aliphatic rings. The van der Waals surface area contributed by atoms with Crippen LogP contribution in [0.5, 0.6) is 0 Å². The minimum Gasteiger partial charge on any atom is -0.380 e. The lowest BCUT2D eigenvalue weighted by atomic mass is 10.4. The van der Waals surface area contributed by atoms with Crippen molar-refractivity contribution in [2.24, 2.45) is 0 Å². The summed E-state index contributed by atoms with van der Waals surface area (Å²) in [6.07, 6.45) is 3.90. The number of hydrogen-bond acceptors (Lipinski definition) is 2. The van der Waals surface area contributed by atoms with Gasteiger partial charge in [0.2, 0.25) is 0 Å². The summed E-state index contributed by atoms with van der Waals surface area (Å²) < 4.78 is 5.40. The number of ether oxygens (including phenoxy) is 1. The first-order valence-corrected chi connectivity index (χ1v) is 4.73. The number of nitrogens with zero attached hydrogens (tertiary/aromatic N) is 1. The molecular formula is C9H19NO. The summed E-state index contributed by atoms with van der Waals surface area (Å²) in [5.74, 6) is 0. The lowest BCUT2D eigenvalue weighted by molar-refractivity contribution is 0.111. The van der Waals surface area contributed by atoms with Crippen LogP contribution in [-0.2, 0) is 4.74 Å². The highest BCUT2D eigenvalue weighted by Crippen LogP contribution is 2.05. The molecule has 0 aliphatic carbocycles. The molecule has 11 heavy (non-hydrogen) atoms. The minimum atomic E-state index is 0.924. The third-order valence-electron chi connectivity index (χ3n) is 2.10. The Balaban J connectivity index is 1.86. The highest BCUT2D eigenvalue weighted by Gasteiger charge is 2.09. The van der Waals surface area contributed by atoms with Gasteiger partial charge in [0, 0.05) is 13.2 Å². The van der Waals surface area contributed by atoms with Gasteiger partial charge >= 0.3 is 0 Å². The summed E-state index contributed by atoms with van der Waals surface area (Å²) in [5.41, 5.74) is 0. The van der Waals surface area contributed by atoms with Crippen LogP contribution in [0.1, 0.15) is 26.2 Å². The Morgan fingerprint density at radius 3 is 2.55 bits per heavy atom. The summed E-state index contributed by atoms with van der Waals surface area (Å²) in [6, 6.07) is 0. The second-order valence-electron chi connectivity index (χ2n) is 3.16. The van der Waals surface area contributed by atoms with Crippen molar-refractivity contribution in [2.45, 2.75) is 26.2 Å². The van der Waals surface area contributed by atoms with Gasteiger partial charge in [-0.05, 0) is 32.4 Å². The van der Waals surface area contributed by atoms with Crippen LogP contribution in [0.3, 0.4) is 0 Å². The maximum absolute atomic E-state index is 5.40. The Morgan fingerprint density at radius 1 is 1.18 bits per heavy atom. The SMILES string of the molecule is CCCOCCN1CCCC1. The largest absolute Gasteiger partial charge is 0.380 e. The molecule has 0 aromatic heterocycles. The van der Waals surface area contributed by atoms with Gasteiger partial charge in [-0.1, -0.05) is 6.92 Å². The van der Waals surface area contributed by atoms with Crippen LogP contribution in [-0.4, -0.2) is 37.7 Å². The van der Waals surface area contributed by atoms with Crippen LogP contribution < -0.4 is 0 Å². The highest BCUT2D eigenvalue weighted by atomic mass is 16.5. The monoisotopic (exact) mass is 157 g/mol. The first-order valence-electron chi connectivity index (χ1n) is 4.73. The zero-order valence-corrected chi connectivity index (χ0v) is 7.51. The van der Waals surface area contributed by atoms with E-state index in [1.165, 1.54) is 25.9 Å². The van der Waals surface area contributed by atoms with Gasteiger partial charge in [0.25, 0.3) is 0 Å². The molecule has 0 saturated carbocycles. The van der Waals surface area contributed by atoms with Crippen LogP contribution >= 0.6 is 0 Å². The molecule has 0 aromatic carbocycles. The molecular weight excluding hydrogens is 138 g/mol. The van der Waals surface area contributed by atoms with E-state index >= 15 is 0 Å². The van der Waals surface area contributed by atoms with E-state index in [1.54, 1.807) is 0 Å². The molecule has 0 N–H and O–H groups in total. The summed E-state index contributed by atoms with van der Waals surface area (Å²) in [4.78, 5) is 2.48. The van der Waals surface area contributed by atoms with E-state index in [-0.39, 0.29) is 0 Å². The molecule has 66 valence electrons. The van der Waals surface area contributed by atoms with Gasteiger partial charge in [-0.3, -0.25) is 0 Å². The molecule has 0 aromatic rings. The molecule has 0 bridgehead atoms. The zero-order valence-electron chi connectivity index (χ0n) is 7.51. The van der Waals surface area contributed by atoms with Crippen molar-refractivity contribution in [3.63, 3.8) is 0 Å². The lowest BCUT2D eigenvalue weighted by Crippen LogP contribution is -2.24. The van der Waals surface area contributed by atoms with E-state index in [4.69, 9.17) is 4.74 Å². The second-order valence-corrected chi connectivity index (χ2v) is 3.16. The number of hydrogen-bond donors (Lipinski definition) is 0. The number of rotatable bonds is 5. The second kappa shape index (κ2) is 5.56. The predicted molar refractivity (Wildman–Crippen MR) is 46.8 cm³/mol. The van der Waals surface area contributed by atoms with Crippen molar-refractivity contribution in [1.82, 2.24) is 4.90 Å². The van der Waals surface area contributed by atoms with Gasteiger partial charge in [-0.15, -0.1) is 0 Å². The first kappa shape index (κ1) is 9.01. The minimum absolute atomic E-state index is 0.924. The maximum atomic E-state index is 5.40. The molecule has 0 spiro atoms. The van der Waals surface area contributed by atoms with Crippen molar-refractivity contribution >= 4 is 0 Å². The molecule has 1 rings (SSSR count). The molecule has 0 amide bonds. The molecule has 2 nitrogen and oxygen atoms in total. The quantitative estimate of drug-likeness (QED) is 0.561. The van der Waals surface area contributed by atoms with Gasteiger partial charge in [0.15, 0.2) is 0 Å². The molecule has 0 unspecified atom stereocenters. The Bertz CT molecular complexity index is 89.6. The fourth-order valence-electron chi connectivity index (χ4n) is 1.45. The molecule has 1 aliphatic heterocycles. The fourth-order valence-corrected chi connectivity index (χ4v) is 1.45. The average Bonchev–Trinajstić information content (AvgIpc) is 2.50. The molecule has 1 heterocycles. The van der Waals surface area contributed by atoms with Gasteiger partial charge in [0.1, 0.15) is 0 Å². The highest BCUT2D eigenvalue weighted by molar-refractivity contribution is 4.64. The van der Waals surface area contributed by atoms with Gasteiger partial charge in [-0.2, -0.15) is 0 Å². The predicted octanol–water partition coefficient (Wildman–Crippen LogP) is 1.51. The zero-order chi connectivity index (χ0) is 7.94. The van der Waals surface area contributed by atoms with Gasteiger partial charge in [0.05, 0.1) is 6.61 Å². The molecule has 2 heteroatoms. The normalized spacial score (nSPS) is 19.4. The van der Waals surface area contributed by atoms with Gasteiger partial charge in [-0.25, -0.2) is 0 Å². The summed E-state index contributed by atoms with van der Waals surface area (Å²) in [6.45, 7) is 7.71. The topological polar surface area (TPSA) is 12.5 Å². The van der Waals surface area contributed by atoms with E-state index < -0.39 is 0 Å². The standard InChI is InChI=1S/C9H19NO/c1-2-8-11-9-7-10-5-3-4-6-10/h2-9H2,1H3. The van der Waals surface area contributed by atoms with E-state index in [9.17, 15) is 0 Å². The molecule has 0 radical (unpaired) electrons. The van der Waals surface area contributed by atoms with Crippen molar-refractivity contribution in [1.29, 1.82) is 0 Å². The Hall–Kier alpha value is -0.0800. The fraction of sp³-hybridized carbons (Fsp3) is 1.00. The van der Waals surface area contributed by atoms with Crippen molar-refractivity contribution in [3.05, 3.63) is 0 Å². The molecule has 0 atom stereocenters. The van der Waals surface area contributed by atoms with Crippen molar-refractivity contribution in [3.8, 4) is 0 Å². The maximum Gasteiger partial charge on any atom is 0.0593 e. The van der Waals surface area contributed by atoms with Crippen LogP contribution in [0.15, 0.2) is 0 Å². The summed E-state index contributed by atoms with van der Waals surface area (Å²) in [5, 5.41) is 0. The van der Waals surface area contributed by atoms with Crippen LogP contribution in [0, 0.1) is 0 Å². The third-order valence-corrected chi connectivity index (χ3v) is 2.10. The van der Waals surface area contributed by atoms with Crippen molar-refractivity contribution in [2.75, 3.05) is 32.8 Å². The van der Waals surface area contributed by atoms with Crippen molar-refractivity contribution < 1.29 is 4.74 Å². The third kappa shape index (κ3) is 3.73. The molecule has 1 saturated heterocycles. The van der Waals surface area contributed by atoms with Crippen LogP contribution in [0.4, 0.5) is 0 Å². The summed E-state index contributed by atoms with van der Waals surface area (Å²) in [7, 11) is 0. The lowest BCUT2D eigenvalue weighted by Gasteiger charge is -2.13. The smallest absolute Gasteiger partial charge is 0.0593 e. The van der Waals surface area contributed by atoms with E-state index in [1.807, 2.05) is 0 Å². The first-order chi connectivity index (χ1) is 5.43. The van der Waals surface area contributed by atoms with Crippen LogP contribution in [0.25, 0.3) is 0 Å². The van der Waals surface area contributed by atoms with Crippen LogP contribution in [0.2, 0.25) is 0 Å². The van der Waals surface area contributed by atoms with E-state index in [0.29, 0.717) is 0 Å². The van der Waals surface area contributed by atoms with E-state index in [2.05, 4.69) is 11.8 Å². The molecule has 1 fully saturated rings. The Kier molecular flexibility index (Phi) is 4.55. The Labute approximate surface area is 69.5 Å². The average molecular weight is 157 g/mol. The summed E-state index contributed by atoms with van der Waals surface area (Å²) >= 11 is 0.